The van der Waals surface area contributed by atoms with E-state index in [1.165, 1.54) is 48.0 Å². The van der Waals surface area contributed by atoms with Gasteiger partial charge in [0.25, 0.3) is 0 Å². The van der Waals surface area contributed by atoms with Crippen LogP contribution in [0.5, 0.6) is 5.75 Å². The molecule has 2 unspecified atom stereocenters. The van der Waals surface area contributed by atoms with Crippen LogP contribution in [-0.4, -0.2) is 22.6 Å². The average Bonchev–Trinajstić information content (AvgIpc) is 3.08. The number of carbonyl (C=O) groups is 1. The molecule has 4 rings (SSSR count). The van der Waals surface area contributed by atoms with Crippen molar-refractivity contribution in [3.63, 3.8) is 0 Å². The van der Waals surface area contributed by atoms with Gasteiger partial charge in [0.05, 0.1) is 6.61 Å². The fraction of sp³-hybridized carbons (Fsp3) is 0.417. The molecule has 0 radical (unpaired) electrons. The summed E-state index contributed by atoms with van der Waals surface area (Å²) in [4.78, 5) is 11.7. The van der Waals surface area contributed by atoms with Gasteiger partial charge in [0, 0.05) is 30.9 Å². The second kappa shape index (κ2) is 9.98. The third-order valence-electron chi connectivity index (χ3n) is 5.39. The van der Waals surface area contributed by atoms with Gasteiger partial charge in [0.15, 0.2) is 4.87 Å². The lowest BCUT2D eigenvalue weighted by Gasteiger charge is -2.45. The largest absolute Gasteiger partial charge is 0.493 e. The van der Waals surface area contributed by atoms with Gasteiger partial charge in [-0.25, -0.2) is 18.2 Å². The SMILES string of the molecule is CC.CCCC1COc2ccc(F)cc2C12SC(C1=CC=C(F)C=C(F)C1)=NN2C(C)=O. The zero-order valence-electron chi connectivity index (χ0n) is 18.6. The maximum absolute atomic E-state index is 14.2. The van der Waals surface area contributed by atoms with Crippen LogP contribution in [0, 0.1) is 11.7 Å². The highest BCUT2D eigenvalue weighted by atomic mass is 32.2. The van der Waals surface area contributed by atoms with Crippen LogP contribution in [0.1, 0.15) is 52.5 Å². The van der Waals surface area contributed by atoms with Crippen LogP contribution < -0.4 is 4.74 Å². The maximum Gasteiger partial charge on any atom is 0.241 e. The molecule has 3 aliphatic rings. The number of amides is 1. The maximum atomic E-state index is 14.2. The number of thioether (sulfide) groups is 1. The highest BCUT2D eigenvalue weighted by Crippen LogP contribution is 2.58. The second-order valence-electron chi connectivity index (χ2n) is 7.48. The normalized spacial score (nSPS) is 24.2. The second-order valence-corrected chi connectivity index (χ2v) is 8.70. The molecule has 1 amide bonds. The number of hydrogen-bond acceptors (Lipinski definition) is 4. The van der Waals surface area contributed by atoms with Gasteiger partial charge in [-0.3, -0.25) is 4.79 Å². The molecule has 2 heterocycles. The van der Waals surface area contributed by atoms with Crippen molar-refractivity contribution >= 4 is 22.7 Å². The van der Waals surface area contributed by atoms with Gasteiger partial charge < -0.3 is 4.74 Å². The van der Waals surface area contributed by atoms with Crippen molar-refractivity contribution in [3.8, 4) is 5.75 Å². The zero-order valence-corrected chi connectivity index (χ0v) is 19.4. The zero-order chi connectivity index (χ0) is 23.5. The van der Waals surface area contributed by atoms with Crippen LogP contribution in [0.3, 0.4) is 0 Å². The van der Waals surface area contributed by atoms with Crippen LogP contribution >= 0.6 is 11.8 Å². The minimum atomic E-state index is -1.01. The fourth-order valence-corrected chi connectivity index (χ4v) is 5.68. The number of hydrazone groups is 1. The first-order chi connectivity index (χ1) is 15.3. The van der Waals surface area contributed by atoms with E-state index >= 15 is 0 Å². The van der Waals surface area contributed by atoms with Crippen molar-refractivity contribution in [1.82, 2.24) is 5.01 Å². The third-order valence-corrected chi connectivity index (χ3v) is 6.96. The van der Waals surface area contributed by atoms with Gasteiger partial charge in [0.1, 0.15) is 28.3 Å². The van der Waals surface area contributed by atoms with E-state index in [9.17, 15) is 18.0 Å². The smallest absolute Gasteiger partial charge is 0.241 e. The molecule has 2 atom stereocenters. The first-order valence-corrected chi connectivity index (χ1v) is 11.6. The molecular formula is C24H27F3N2O2S. The predicted octanol–water partition coefficient (Wildman–Crippen LogP) is 6.76. The molecule has 32 heavy (non-hydrogen) atoms. The molecule has 0 N–H and O–H groups in total. The van der Waals surface area contributed by atoms with Crippen LogP contribution in [0.2, 0.25) is 0 Å². The Morgan fingerprint density at radius 1 is 1.28 bits per heavy atom. The van der Waals surface area contributed by atoms with Crippen molar-refractivity contribution in [2.45, 2.75) is 51.8 Å². The van der Waals surface area contributed by atoms with Crippen LogP contribution in [0.25, 0.3) is 0 Å². The monoisotopic (exact) mass is 464 g/mol. The van der Waals surface area contributed by atoms with Crippen LogP contribution in [-0.2, 0) is 9.67 Å². The Labute approximate surface area is 190 Å². The summed E-state index contributed by atoms with van der Waals surface area (Å²) in [6, 6.07) is 4.24. The molecule has 0 saturated heterocycles. The standard InChI is InChI=1S/C22H21F3N2O2S.C2H6/c1-3-4-15-12-29-20-8-7-17(24)11-19(20)22(15)27(13(2)28)26-21(30-22)14-5-6-16(23)10-18(25)9-14;1-2/h5-8,10-11,15H,3-4,9,12H2,1-2H3;1-2H3. The molecule has 1 aromatic carbocycles. The predicted molar refractivity (Wildman–Crippen MR) is 122 cm³/mol. The Morgan fingerprint density at radius 2 is 2.03 bits per heavy atom. The van der Waals surface area contributed by atoms with Gasteiger partial charge >= 0.3 is 0 Å². The molecule has 172 valence electrons. The fourth-order valence-electron chi connectivity index (χ4n) is 4.11. The highest BCUT2D eigenvalue weighted by Gasteiger charge is 2.56. The minimum Gasteiger partial charge on any atom is -0.493 e. The number of ether oxygens (including phenoxy) is 1. The van der Waals surface area contributed by atoms with E-state index < -0.39 is 22.3 Å². The Balaban J connectivity index is 0.00000141. The summed E-state index contributed by atoms with van der Waals surface area (Å²) in [5.74, 6) is -1.75. The summed E-state index contributed by atoms with van der Waals surface area (Å²) < 4.78 is 47.9. The van der Waals surface area contributed by atoms with Crippen molar-refractivity contribution in [3.05, 3.63) is 65.0 Å². The first kappa shape index (κ1) is 24.2. The molecule has 4 nitrogen and oxygen atoms in total. The summed E-state index contributed by atoms with van der Waals surface area (Å²) in [7, 11) is 0. The Kier molecular flexibility index (Phi) is 7.54. The molecule has 2 aliphatic heterocycles. The number of nitrogens with zero attached hydrogens (tertiary/aromatic N) is 2. The summed E-state index contributed by atoms with van der Waals surface area (Å²) >= 11 is 1.28. The van der Waals surface area contributed by atoms with E-state index in [2.05, 4.69) is 5.10 Å². The number of rotatable bonds is 3. The Morgan fingerprint density at radius 3 is 2.72 bits per heavy atom. The van der Waals surface area contributed by atoms with E-state index in [1.807, 2.05) is 20.8 Å². The lowest BCUT2D eigenvalue weighted by atomic mass is 9.86. The third kappa shape index (κ3) is 4.37. The van der Waals surface area contributed by atoms with Crippen LogP contribution in [0.4, 0.5) is 13.2 Å². The molecule has 0 fully saturated rings. The van der Waals surface area contributed by atoms with E-state index in [-0.39, 0.29) is 18.2 Å². The summed E-state index contributed by atoms with van der Waals surface area (Å²) in [6.07, 6.45) is 4.90. The lowest BCUT2D eigenvalue weighted by Crippen LogP contribution is -2.50. The number of hydrogen-bond donors (Lipinski definition) is 0. The topological polar surface area (TPSA) is 41.9 Å². The number of halogens is 3. The van der Waals surface area contributed by atoms with Gasteiger partial charge in [-0.1, -0.05) is 45.0 Å². The van der Waals surface area contributed by atoms with E-state index in [1.54, 1.807) is 6.07 Å². The summed E-state index contributed by atoms with van der Waals surface area (Å²) in [5.41, 5.74) is 0.988. The van der Waals surface area contributed by atoms with Crippen molar-refractivity contribution in [2.24, 2.45) is 11.0 Å². The van der Waals surface area contributed by atoms with E-state index in [4.69, 9.17) is 4.74 Å². The number of benzene rings is 1. The molecule has 1 aliphatic carbocycles. The number of fused-ring (bicyclic) bond motifs is 2. The van der Waals surface area contributed by atoms with Crippen molar-refractivity contribution in [1.29, 1.82) is 0 Å². The number of carbonyl (C=O) groups excluding carboxylic acids is 1. The molecule has 1 spiro atoms. The van der Waals surface area contributed by atoms with Gasteiger partial charge in [-0.05, 0) is 36.3 Å². The first-order valence-electron chi connectivity index (χ1n) is 10.8. The van der Waals surface area contributed by atoms with Gasteiger partial charge in [-0.2, -0.15) is 5.10 Å². The number of allylic oxidation sites excluding steroid dienone is 5. The van der Waals surface area contributed by atoms with Crippen molar-refractivity contribution in [2.75, 3.05) is 6.61 Å². The molecular weight excluding hydrogens is 437 g/mol. The average molecular weight is 465 g/mol. The summed E-state index contributed by atoms with van der Waals surface area (Å²) in [6.45, 7) is 7.76. The van der Waals surface area contributed by atoms with Crippen molar-refractivity contribution < 1.29 is 22.7 Å². The molecule has 0 aromatic heterocycles. The van der Waals surface area contributed by atoms with E-state index in [0.717, 1.165) is 18.9 Å². The Bertz CT molecular complexity index is 1020. The molecule has 0 saturated carbocycles. The Hall–Kier alpha value is -2.48. The molecule has 1 aromatic rings. The van der Waals surface area contributed by atoms with Gasteiger partial charge in [-0.15, -0.1) is 0 Å². The summed E-state index contributed by atoms with van der Waals surface area (Å²) in [5, 5.41) is 6.30. The van der Waals surface area contributed by atoms with E-state index in [0.29, 0.717) is 28.5 Å². The minimum absolute atomic E-state index is 0.136. The quantitative estimate of drug-likeness (QED) is 0.496. The lowest BCUT2D eigenvalue weighted by molar-refractivity contribution is -0.134. The van der Waals surface area contributed by atoms with Gasteiger partial charge in [0.2, 0.25) is 5.91 Å². The van der Waals surface area contributed by atoms with Crippen LogP contribution in [0.15, 0.2) is 58.8 Å². The molecule has 0 bridgehead atoms. The molecule has 8 heteroatoms. The highest BCUT2D eigenvalue weighted by molar-refractivity contribution is 8.15.